The highest BCUT2D eigenvalue weighted by Crippen LogP contribution is 2.32. The van der Waals surface area contributed by atoms with Crippen LogP contribution in [0.2, 0.25) is 0 Å². The lowest BCUT2D eigenvalue weighted by atomic mass is 10.1. The van der Waals surface area contributed by atoms with Crippen molar-refractivity contribution in [1.29, 1.82) is 0 Å². The third-order valence-corrected chi connectivity index (χ3v) is 6.90. The fraction of sp³-hybridized carbons (Fsp3) is 0.321. The smallest absolute Gasteiger partial charge is 0.237 e. The van der Waals surface area contributed by atoms with Crippen molar-refractivity contribution < 1.29 is 14.3 Å². The molecule has 1 saturated heterocycles. The minimum Gasteiger partial charge on any atom is -0.454 e. The monoisotopic (exact) mass is 526 g/mol. The number of amides is 1. The average Bonchev–Trinajstić information content (AvgIpc) is 3.65. The zero-order valence-electron chi connectivity index (χ0n) is 21.7. The molecule has 1 atom stereocenters. The maximum absolute atomic E-state index is 13.2. The molecular formula is C28H30N8O3. The molecule has 1 aromatic carbocycles. The van der Waals surface area contributed by atoms with Gasteiger partial charge in [-0.15, -0.1) is 0 Å². The number of benzene rings is 1. The molecule has 1 fully saturated rings. The Morgan fingerprint density at radius 2 is 1.97 bits per heavy atom. The number of hydrogen-bond acceptors (Lipinski definition) is 9. The Morgan fingerprint density at radius 3 is 2.82 bits per heavy atom. The molecule has 11 nitrogen and oxygen atoms in total. The Labute approximate surface area is 226 Å². The number of ether oxygens (including phenoxy) is 2. The predicted octanol–water partition coefficient (Wildman–Crippen LogP) is 2.49. The van der Waals surface area contributed by atoms with Gasteiger partial charge in [-0.05, 0) is 36.2 Å². The number of aryl methyl sites for hydroxylation is 1. The number of piperazine rings is 1. The Hall–Kier alpha value is -4.51. The lowest BCUT2D eigenvalue weighted by Gasteiger charge is -2.42. The van der Waals surface area contributed by atoms with E-state index >= 15 is 0 Å². The Kier molecular flexibility index (Phi) is 7.05. The fourth-order valence-electron chi connectivity index (χ4n) is 5.00. The van der Waals surface area contributed by atoms with Crippen molar-refractivity contribution >= 4 is 11.7 Å². The molecule has 5 heterocycles. The molecule has 1 N–H and O–H groups in total. The van der Waals surface area contributed by atoms with E-state index < -0.39 is 0 Å². The lowest BCUT2D eigenvalue weighted by molar-refractivity contribution is -0.121. The molecule has 1 unspecified atom stereocenters. The molecule has 4 aromatic rings. The number of nitrogens with zero attached hydrogens (tertiary/aromatic N) is 7. The SMILES string of the molecule is Cc1cc(N2CCN(Cc3cccnc3)CC2CC(=O)NCc2ccc3c(c2)OCO3)nc(-n2ccnc2)n1. The third kappa shape index (κ3) is 5.83. The first kappa shape index (κ1) is 24.8. The van der Waals surface area contributed by atoms with Crippen LogP contribution in [-0.2, 0) is 17.9 Å². The number of carbonyl (C=O) groups is 1. The highest BCUT2D eigenvalue weighted by atomic mass is 16.7. The number of rotatable bonds is 8. The zero-order chi connectivity index (χ0) is 26.6. The van der Waals surface area contributed by atoms with Gasteiger partial charge in [-0.3, -0.25) is 19.2 Å². The summed E-state index contributed by atoms with van der Waals surface area (Å²) in [6.07, 6.45) is 9.22. The van der Waals surface area contributed by atoms with Crippen molar-refractivity contribution in [2.75, 3.05) is 31.3 Å². The van der Waals surface area contributed by atoms with E-state index in [0.717, 1.165) is 54.6 Å². The van der Waals surface area contributed by atoms with Crippen LogP contribution in [0.15, 0.2) is 67.5 Å². The largest absolute Gasteiger partial charge is 0.454 e. The van der Waals surface area contributed by atoms with Crippen LogP contribution in [0.3, 0.4) is 0 Å². The number of nitrogens with one attached hydrogen (secondary N) is 1. The Bertz CT molecular complexity index is 1430. The molecule has 11 heteroatoms. The molecule has 2 aliphatic rings. The van der Waals surface area contributed by atoms with Crippen LogP contribution in [-0.4, -0.2) is 67.8 Å². The second kappa shape index (κ2) is 11.1. The van der Waals surface area contributed by atoms with Crippen molar-refractivity contribution in [2.45, 2.75) is 32.5 Å². The maximum atomic E-state index is 13.2. The van der Waals surface area contributed by atoms with Gasteiger partial charge >= 0.3 is 0 Å². The summed E-state index contributed by atoms with van der Waals surface area (Å²) < 4.78 is 12.6. The first-order valence-electron chi connectivity index (χ1n) is 13.0. The molecule has 0 radical (unpaired) electrons. The summed E-state index contributed by atoms with van der Waals surface area (Å²) in [4.78, 5) is 35.6. The number of fused-ring (bicyclic) bond motifs is 1. The molecule has 2 aliphatic heterocycles. The first-order valence-corrected chi connectivity index (χ1v) is 13.0. The number of anilines is 1. The first-order chi connectivity index (χ1) is 19.1. The van der Waals surface area contributed by atoms with Gasteiger partial charge in [0.25, 0.3) is 0 Å². The highest BCUT2D eigenvalue weighted by Gasteiger charge is 2.30. The summed E-state index contributed by atoms with van der Waals surface area (Å²) >= 11 is 0. The van der Waals surface area contributed by atoms with E-state index in [-0.39, 0.29) is 18.7 Å². The van der Waals surface area contributed by atoms with Gasteiger partial charge < -0.3 is 19.7 Å². The molecule has 39 heavy (non-hydrogen) atoms. The van der Waals surface area contributed by atoms with Gasteiger partial charge in [0.15, 0.2) is 11.5 Å². The van der Waals surface area contributed by atoms with Gasteiger partial charge in [0.2, 0.25) is 18.6 Å². The minimum absolute atomic E-state index is 0.0218. The lowest BCUT2D eigenvalue weighted by Crippen LogP contribution is -2.54. The van der Waals surface area contributed by atoms with Gasteiger partial charge in [0.05, 0.1) is 6.04 Å². The normalized spacial score (nSPS) is 16.8. The number of hydrogen-bond donors (Lipinski definition) is 1. The van der Waals surface area contributed by atoms with Crippen LogP contribution in [0.25, 0.3) is 5.95 Å². The van der Waals surface area contributed by atoms with Crippen LogP contribution in [0, 0.1) is 6.92 Å². The van der Waals surface area contributed by atoms with Crippen molar-refractivity contribution in [3.8, 4) is 17.4 Å². The topological polar surface area (TPSA) is 111 Å². The standard InChI is InChI=1S/C28H30N8O3/c1-20-11-26(33-28(32-20)35-8-7-30-18-35)36-10-9-34(16-22-3-2-6-29-14-22)17-23(36)13-27(37)31-15-21-4-5-24-25(12-21)39-19-38-24/h2-8,11-12,14,18,23H,9-10,13,15-17,19H2,1H3,(H,31,37). The Morgan fingerprint density at radius 1 is 1.05 bits per heavy atom. The predicted molar refractivity (Wildman–Crippen MR) is 144 cm³/mol. The van der Waals surface area contributed by atoms with Crippen molar-refractivity contribution in [3.05, 3.63) is 84.3 Å². The number of imidazole rings is 1. The highest BCUT2D eigenvalue weighted by molar-refractivity contribution is 5.77. The van der Waals surface area contributed by atoms with Crippen molar-refractivity contribution in [1.82, 2.24) is 34.7 Å². The average molecular weight is 527 g/mol. The van der Waals surface area contributed by atoms with Gasteiger partial charge in [0.1, 0.15) is 12.1 Å². The molecule has 200 valence electrons. The van der Waals surface area contributed by atoms with Crippen LogP contribution < -0.4 is 19.7 Å². The molecular weight excluding hydrogens is 496 g/mol. The summed E-state index contributed by atoms with van der Waals surface area (Å²) in [5.74, 6) is 2.78. The van der Waals surface area contributed by atoms with E-state index in [0.29, 0.717) is 24.7 Å². The minimum atomic E-state index is -0.0721. The molecule has 1 amide bonds. The molecule has 3 aromatic heterocycles. The summed E-state index contributed by atoms with van der Waals surface area (Å²) in [5, 5.41) is 3.08. The van der Waals surface area contributed by atoms with Gasteiger partial charge in [-0.1, -0.05) is 12.1 Å². The second-order valence-corrected chi connectivity index (χ2v) is 9.75. The number of aromatic nitrogens is 5. The van der Waals surface area contributed by atoms with E-state index in [1.165, 1.54) is 0 Å². The van der Waals surface area contributed by atoms with E-state index in [4.69, 9.17) is 14.5 Å². The summed E-state index contributed by atoms with van der Waals surface area (Å²) in [6.45, 7) is 5.67. The summed E-state index contributed by atoms with van der Waals surface area (Å²) in [7, 11) is 0. The molecule has 0 spiro atoms. The maximum Gasteiger partial charge on any atom is 0.237 e. The van der Waals surface area contributed by atoms with E-state index in [9.17, 15) is 4.79 Å². The van der Waals surface area contributed by atoms with Crippen LogP contribution in [0.1, 0.15) is 23.2 Å². The summed E-state index contributed by atoms with van der Waals surface area (Å²) in [5.41, 5.74) is 2.97. The summed E-state index contributed by atoms with van der Waals surface area (Å²) in [6, 6.07) is 11.7. The van der Waals surface area contributed by atoms with E-state index in [2.05, 4.69) is 36.1 Å². The van der Waals surface area contributed by atoms with E-state index in [1.54, 1.807) is 23.3 Å². The second-order valence-electron chi connectivity index (χ2n) is 9.75. The Balaban J connectivity index is 1.19. The van der Waals surface area contributed by atoms with Gasteiger partial charge in [-0.2, -0.15) is 4.98 Å². The quantitative estimate of drug-likeness (QED) is 0.370. The van der Waals surface area contributed by atoms with Crippen LogP contribution >= 0.6 is 0 Å². The van der Waals surface area contributed by atoms with Gasteiger partial charge in [0, 0.05) is 75.7 Å². The zero-order valence-corrected chi connectivity index (χ0v) is 21.7. The molecule has 6 rings (SSSR count). The van der Waals surface area contributed by atoms with Crippen molar-refractivity contribution in [2.24, 2.45) is 0 Å². The van der Waals surface area contributed by atoms with Crippen molar-refractivity contribution in [3.63, 3.8) is 0 Å². The third-order valence-electron chi connectivity index (χ3n) is 6.90. The van der Waals surface area contributed by atoms with Crippen LogP contribution in [0.5, 0.6) is 11.5 Å². The van der Waals surface area contributed by atoms with Crippen LogP contribution in [0.4, 0.5) is 5.82 Å². The molecule has 0 aliphatic carbocycles. The number of carbonyl (C=O) groups excluding carboxylic acids is 1. The molecule has 0 bridgehead atoms. The molecule has 0 saturated carbocycles. The fourth-order valence-corrected chi connectivity index (χ4v) is 5.00. The van der Waals surface area contributed by atoms with E-state index in [1.807, 2.05) is 49.6 Å². The van der Waals surface area contributed by atoms with Gasteiger partial charge in [-0.25, -0.2) is 9.97 Å². The number of pyridine rings is 1.